The maximum absolute atomic E-state index is 4.44. The predicted molar refractivity (Wildman–Crippen MR) is 68.0 cm³/mol. The van der Waals surface area contributed by atoms with Gasteiger partial charge in [-0.25, -0.2) is 0 Å². The van der Waals surface area contributed by atoms with Crippen LogP contribution in [-0.4, -0.2) is 24.5 Å². The number of aromatic amines is 1. The first-order chi connectivity index (χ1) is 7.92. The van der Waals surface area contributed by atoms with Crippen LogP contribution in [0.5, 0.6) is 0 Å². The molecule has 2 nitrogen and oxygen atoms in total. The third kappa shape index (κ3) is 1.04. The third-order valence-electron chi connectivity index (χ3n) is 2.92. The Kier molecular flexibility index (Phi) is 1.59. The Morgan fingerprint density at radius 1 is 1.12 bits per heavy atom. The van der Waals surface area contributed by atoms with Gasteiger partial charge in [0.15, 0.2) is 0 Å². The van der Waals surface area contributed by atoms with Crippen LogP contribution >= 0.6 is 0 Å². The Hall–Kier alpha value is -1.57. The molecule has 4 rings (SSSR count). The number of aromatic nitrogens is 2. The maximum atomic E-state index is 4.44. The van der Waals surface area contributed by atoms with E-state index < -0.39 is 0 Å². The van der Waals surface area contributed by atoms with Gasteiger partial charge in [-0.2, -0.15) is 0 Å². The fourth-order valence-electron chi connectivity index (χ4n) is 2.17. The number of hydrogen-bond donors (Lipinski definition) is 1. The Labute approximate surface area is 97.7 Å². The molecule has 16 heavy (non-hydrogen) atoms. The summed E-state index contributed by atoms with van der Waals surface area (Å²) in [5.41, 5.74) is 3.41. The first-order valence-corrected chi connectivity index (χ1v) is 7.00. The molecule has 3 aromatic heterocycles. The first kappa shape index (κ1) is 8.57. The van der Waals surface area contributed by atoms with E-state index in [2.05, 4.69) is 39.2 Å². The Morgan fingerprint density at radius 3 is 3.12 bits per heavy atom. The Bertz CT molecular complexity index is 810. The van der Waals surface area contributed by atoms with Gasteiger partial charge in [-0.15, -0.1) is 0 Å². The van der Waals surface area contributed by atoms with E-state index in [9.17, 15) is 0 Å². The van der Waals surface area contributed by atoms with E-state index in [1.807, 2.05) is 12.3 Å². The second-order valence-electron chi connectivity index (χ2n) is 3.88. The van der Waals surface area contributed by atoms with Crippen LogP contribution in [0.25, 0.3) is 31.6 Å². The molecular weight excluding hydrogens is 263 g/mol. The molecule has 3 heteroatoms. The van der Waals surface area contributed by atoms with E-state index >= 15 is 0 Å². The topological polar surface area (TPSA) is 28.7 Å². The molecule has 3 heterocycles. The van der Waals surface area contributed by atoms with Gasteiger partial charge in [0.1, 0.15) is 0 Å². The fourth-order valence-corrected chi connectivity index (χ4v) is 3.87. The SMILES string of the molecule is c1cnc2c(c1)[nH]c1cc3[se]ccc3cc12. The quantitative estimate of drug-likeness (QED) is 0.489. The monoisotopic (exact) mass is 272 g/mol. The molecule has 0 amide bonds. The zero-order valence-electron chi connectivity index (χ0n) is 8.40. The summed E-state index contributed by atoms with van der Waals surface area (Å²) < 4.78 is 1.46. The molecule has 0 saturated carbocycles. The number of nitrogens with zero attached hydrogens (tertiary/aromatic N) is 1. The van der Waals surface area contributed by atoms with Crippen LogP contribution in [0.3, 0.4) is 0 Å². The summed E-state index contributed by atoms with van der Waals surface area (Å²) in [5, 5.41) is 2.59. The summed E-state index contributed by atoms with van der Waals surface area (Å²) in [6, 6.07) is 10.8. The van der Waals surface area contributed by atoms with Crippen molar-refractivity contribution < 1.29 is 0 Å². The molecule has 0 bridgehead atoms. The van der Waals surface area contributed by atoms with Gasteiger partial charge < -0.3 is 0 Å². The molecule has 76 valence electrons. The summed E-state index contributed by atoms with van der Waals surface area (Å²) in [4.78, 5) is 10.1. The molecule has 0 radical (unpaired) electrons. The van der Waals surface area contributed by atoms with Crippen LogP contribution in [0.4, 0.5) is 0 Å². The molecule has 0 aliphatic carbocycles. The van der Waals surface area contributed by atoms with Crippen LogP contribution in [-0.2, 0) is 0 Å². The molecule has 0 saturated heterocycles. The summed E-state index contributed by atoms with van der Waals surface area (Å²) in [6.07, 6.45) is 1.85. The number of rotatable bonds is 0. The van der Waals surface area contributed by atoms with E-state index in [0.717, 1.165) is 11.0 Å². The Balaban J connectivity index is 2.32. The van der Waals surface area contributed by atoms with Gasteiger partial charge >= 0.3 is 97.5 Å². The van der Waals surface area contributed by atoms with Crippen molar-refractivity contribution in [3.63, 3.8) is 0 Å². The second-order valence-corrected chi connectivity index (χ2v) is 5.87. The van der Waals surface area contributed by atoms with E-state index in [-0.39, 0.29) is 0 Å². The van der Waals surface area contributed by atoms with Gasteiger partial charge in [0, 0.05) is 0 Å². The van der Waals surface area contributed by atoms with Crippen LogP contribution in [0.15, 0.2) is 41.5 Å². The second kappa shape index (κ2) is 2.97. The van der Waals surface area contributed by atoms with Gasteiger partial charge in [-0.1, -0.05) is 0 Å². The fraction of sp³-hybridized carbons (Fsp3) is 0. The van der Waals surface area contributed by atoms with Crippen molar-refractivity contribution >= 4 is 46.1 Å². The van der Waals surface area contributed by atoms with E-state index in [1.165, 1.54) is 20.5 Å². The normalized spacial score (nSPS) is 11.8. The minimum absolute atomic E-state index is 0.508. The van der Waals surface area contributed by atoms with Crippen LogP contribution in [0.2, 0.25) is 0 Å². The van der Waals surface area contributed by atoms with Crippen molar-refractivity contribution in [1.82, 2.24) is 9.97 Å². The number of H-pyrrole nitrogens is 1. The minimum atomic E-state index is 0.508. The van der Waals surface area contributed by atoms with Crippen LogP contribution < -0.4 is 0 Å². The zero-order chi connectivity index (χ0) is 10.5. The van der Waals surface area contributed by atoms with Gasteiger partial charge in [0.05, 0.1) is 0 Å². The number of fused-ring (bicyclic) bond motifs is 4. The van der Waals surface area contributed by atoms with Crippen molar-refractivity contribution in [3.05, 3.63) is 41.5 Å². The number of hydrogen-bond acceptors (Lipinski definition) is 1. The average molecular weight is 271 g/mol. The van der Waals surface area contributed by atoms with Crippen LogP contribution in [0, 0.1) is 0 Å². The Morgan fingerprint density at radius 2 is 2.12 bits per heavy atom. The standard InChI is InChI=1S/C13H8N2Se/c1-2-10-13(14-4-1)9-6-8-3-5-16-12(8)7-11(9)15-10/h1-7,15H. The van der Waals surface area contributed by atoms with E-state index in [0.29, 0.717) is 14.5 Å². The summed E-state index contributed by atoms with van der Waals surface area (Å²) in [7, 11) is 0. The number of pyridine rings is 1. The molecule has 0 unspecified atom stereocenters. The molecule has 4 aromatic rings. The third-order valence-corrected chi connectivity index (χ3v) is 4.77. The first-order valence-electron chi connectivity index (χ1n) is 5.15. The van der Waals surface area contributed by atoms with Crippen molar-refractivity contribution in [2.24, 2.45) is 0 Å². The molecule has 0 spiro atoms. The number of nitrogens with one attached hydrogen (secondary N) is 1. The summed E-state index contributed by atoms with van der Waals surface area (Å²) in [5.74, 6) is 0. The van der Waals surface area contributed by atoms with Crippen LogP contribution in [0.1, 0.15) is 0 Å². The summed E-state index contributed by atoms with van der Waals surface area (Å²) >= 11 is 0.508. The predicted octanol–water partition coefficient (Wildman–Crippen LogP) is 2.93. The van der Waals surface area contributed by atoms with E-state index in [4.69, 9.17) is 0 Å². The van der Waals surface area contributed by atoms with Crippen molar-refractivity contribution in [1.29, 1.82) is 0 Å². The molecule has 1 aromatic carbocycles. The average Bonchev–Trinajstić information content (AvgIpc) is 2.88. The molecule has 0 aliphatic rings. The number of benzene rings is 1. The van der Waals surface area contributed by atoms with Gasteiger partial charge in [0.25, 0.3) is 0 Å². The van der Waals surface area contributed by atoms with Crippen molar-refractivity contribution in [2.75, 3.05) is 0 Å². The molecule has 0 aliphatic heterocycles. The molecule has 0 atom stereocenters. The van der Waals surface area contributed by atoms with Gasteiger partial charge in [-0.3, -0.25) is 0 Å². The van der Waals surface area contributed by atoms with Gasteiger partial charge in [-0.05, 0) is 0 Å². The zero-order valence-corrected chi connectivity index (χ0v) is 10.1. The molecule has 1 N–H and O–H groups in total. The van der Waals surface area contributed by atoms with Crippen molar-refractivity contribution in [3.8, 4) is 0 Å². The summed E-state index contributed by atoms with van der Waals surface area (Å²) in [6.45, 7) is 0. The van der Waals surface area contributed by atoms with Gasteiger partial charge in [0.2, 0.25) is 0 Å². The van der Waals surface area contributed by atoms with Crippen molar-refractivity contribution in [2.45, 2.75) is 0 Å². The molecule has 0 fully saturated rings. The van der Waals surface area contributed by atoms with E-state index in [1.54, 1.807) is 0 Å². The molecular formula is C13H8N2Se.